The molecule has 1 amide bonds. The van der Waals surface area contributed by atoms with Gasteiger partial charge in [-0.2, -0.15) is 0 Å². The molecule has 4 nitrogen and oxygen atoms in total. The first-order valence-corrected chi connectivity index (χ1v) is 5.68. The summed E-state index contributed by atoms with van der Waals surface area (Å²) in [6.45, 7) is 0.397. The summed E-state index contributed by atoms with van der Waals surface area (Å²) < 4.78 is 0. The molecule has 1 N–H and O–H groups in total. The summed E-state index contributed by atoms with van der Waals surface area (Å²) in [4.78, 5) is 24.6. The lowest BCUT2D eigenvalue weighted by atomic mass is 9.92. The molecule has 0 spiro atoms. The van der Waals surface area contributed by atoms with Gasteiger partial charge in [0.1, 0.15) is 0 Å². The molecule has 4 heteroatoms. The van der Waals surface area contributed by atoms with Gasteiger partial charge >= 0.3 is 5.97 Å². The molecule has 0 saturated carbocycles. The second kappa shape index (κ2) is 4.92. The molecule has 0 aromatic heterocycles. The number of hydrogen-bond donors (Lipinski definition) is 1. The number of aliphatic carboxylic acids is 1. The molecule has 1 aliphatic heterocycles. The number of rotatable bonds is 2. The van der Waals surface area contributed by atoms with Crippen molar-refractivity contribution >= 4 is 11.9 Å². The fraction of sp³-hybridized carbons (Fsp3) is 0.286. The molecule has 1 heterocycles. The van der Waals surface area contributed by atoms with Crippen molar-refractivity contribution in [3.05, 3.63) is 35.4 Å². The monoisotopic (exact) mass is 243 g/mol. The van der Waals surface area contributed by atoms with Crippen LogP contribution in [0.1, 0.15) is 23.6 Å². The molecular formula is C14H13NO3. The highest BCUT2D eigenvalue weighted by Crippen LogP contribution is 2.30. The van der Waals surface area contributed by atoms with Gasteiger partial charge in [0.15, 0.2) is 6.04 Å². The van der Waals surface area contributed by atoms with Crippen molar-refractivity contribution in [3.8, 4) is 12.3 Å². The van der Waals surface area contributed by atoms with E-state index in [2.05, 4.69) is 5.92 Å². The Labute approximate surface area is 105 Å². The molecule has 1 aromatic carbocycles. The molecule has 0 bridgehead atoms. The summed E-state index contributed by atoms with van der Waals surface area (Å²) in [6, 6.07) is 6.38. The maximum atomic E-state index is 11.8. The van der Waals surface area contributed by atoms with Gasteiger partial charge in [0, 0.05) is 6.54 Å². The van der Waals surface area contributed by atoms with Crippen molar-refractivity contribution in [1.82, 2.24) is 4.90 Å². The Kier molecular flexibility index (Phi) is 3.33. The van der Waals surface area contributed by atoms with Gasteiger partial charge in [-0.1, -0.05) is 30.2 Å². The van der Waals surface area contributed by atoms with Crippen LogP contribution in [0.2, 0.25) is 0 Å². The molecule has 1 aromatic rings. The Balaban J connectivity index is 2.39. The van der Waals surface area contributed by atoms with E-state index in [0.717, 1.165) is 5.56 Å². The Morgan fingerprint density at radius 1 is 1.44 bits per heavy atom. The Morgan fingerprint density at radius 3 is 2.83 bits per heavy atom. The van der Waals surface area contributed by atoms with Crippen LogP contribution in [0, 0.1) is 12.3 Å². The van der Waals surface area contributed by atoms with Gasteiger partial charge in [0.2, 0.25) is 5.91 Å². The summed E-state index contributed by atoms with van der Waals surface area (Å²) in [6.07, 6.45) is 5.71. The van der Waals surface area contributed by atoms with Crippen LogP contribution in [0.5, 0.6) is 0 Å². The van der Waals surface area contributed by atoms with Crippen LogP contribution in [-0.4, -0.2) is 28.4 Å². The highest BCUT2D eigenvalue weighted by Gasteiger charge is 2.35. The van der Waals surface area contributed by atoms with E-state index in [1.54, 1.807) is 12.1 Å². The Hall–Kier alpha value is -2.28. The normalized spacial score (nSPS) is 17.7. The molecule has 2 rings (SSSR count). The van der Waals surface area contributed by atoms with Crippen LogP contribution < -0.4 is 0 Å². The lowest BCUT2D eigenvalue weighted by molar-refractivity contribution is -0.150. The second-order valence-electron chi connectivity index (χ2n) is 4.16. The van der Waals surface area contributed by atoms with Crippen molar-refractivity contribution in [1.29, 1.82) is 0 Å². The maximum Gasteiger partial charge on any atom is 0.331 e. The predicted molar refractivity (Wildman–Crippen MR) is 65.7 cm³/mol. The number of carboxylic acid groups (broad SMARTS) is 1. The number of amides is 1. The van der Waals surface area contributed by atoms with Gasteiger partial charge < -0.3 is 10.0 Å². The summed E-state index contributed by atoms with van der Waals surface area (Å²) in [7, 11) is 0. The fourth-order valence-electron chi connectivity index (χ4n) is 2.29. The molecule has 0 fully saturated rings. The first-order valence-electron chi connectivity index (χ1n) is 5.68. The zero-order valence-electron chi connectivity index (χ0n) is 9.80. The van der Waals surface area contributed by atoms with E-state index in [1.165, 1.54) is 4.90 Å². The van der Waals surface area contributed by atoms with Gasteiger partial charge in [0.25, 0.3) is 0 Å². The number of nitrogens with zero attached hydrogens (tertiary/aromatic N) is 1. The van der Waals surface area contributed by atoms with E-state index in [-0.39, 0.29) is 12.3 Å². The molecule has 0 saturated heterocycles. The first kappa shape index (κ1) is 12.2. The predicted octanol–water partition coefficient (Wildman–Crippen LogP) is 1.22. The third-order valence-electron chi connectivity index (χ3n) is 3.09. The molecular weight excluding hydrogens is 230 g/mol. The number of carboxylic acids is 1. The van der Waals surface area contributed by atoms with E-state index in [9.17, 15) is 14.7 Å². The topological polar surface area (TPSA) is 57.6 Å². The minimum Gasteiger partial charge on any atom is -0.479 e. The second-order valence-corrected chi connectivity index (χ2v) is 4.16. The van der Waals surface area contributed by atoms with E-state index < -0.39 is 12.0 Å². The SMILES string of the molecule is C#CCC(=O)N1CCc2ccccc2C1C(=O)O. The minimum absolute atomic E-state index is 0.0635. The molecule has 1 unspecified atom stereocenters. The van der Waals surface area contributed by atoms with Gasteiger partial charge in [0.05, 0.1) is 6.42 Å². The van der Waals surface area contributed by atoms with E-state index in [4.69, 9.17) is 6.42 Å². The summed E-state index contributed by atoms with van der Waals surface area (Å²) in [5.74, 6) is 0.937. The summed E-state index contributed by atoms with van der Waals surface area (Å²) in [5, 5.41) is 9.33. The molecule has 0 radical (unpaired) electrons. The van der Waals surface area contributed by atoms with Crippen LogP contribution in [0.4, 0.5) is 0 Å². The Morgan fingerprint density at radius 2 is 2.17 bits per heavy atom. The van der Waals surface area contributed by atoms with E-state index >= 15 is 0 Å². The standard InChI is InChI=1S/C14H13NO3/c1-2-5-12(16)15-9-8-10-6-3-4-7-11(10)13(15)14(17)18/h1,3-4,6-7,13H,5,8-9H2,(H,17,18). The average Bonchev–Trinajstić information content (AvgIpc) is 2.37. The van der Waals surface area contributed by atoms with Crippen LogP contribution in [0.3, 0.4) is 0 Å². The van der Waals surface area contributed by atoms with Crippen LogP contribution in [0.15, 0.2) is 24.3 Å². The zero-order chi connectivity index (χ0) is 13.1. The van der Waals surface area contributed by atoms with Crippen molar-refractivity contribution in [3.63, 3.8) is 0 Å². The smallest absolute Gasteiger partial charge is 0.331 e. The van der Waals surface area contributed by atoms with Crippen LogP contribution in [0.25, 0.3) is 0 Å². The summed E-state index contributed by atoms with van der Waals surface area (Å²) >= 11 is 0. The molecule has 18 heavy (non-hydrogen) atoms. The summed E-state index contributed by atoms with van der Waals surface area (Å²) in [5.41, 5.74) is 1.66. The number of fused-ring (bicyclic) bond motifs is 1. The lowest BCUT2D eigenvalue weighted by Gasteiger charge is -2.34. The largest absolute Gasteiger partial charge is 0.479 e. The fourth-order valence-corrected chi connectivity index (χ4v) is 2.29. The highest BCUT2D eigenvalue weighted by molar-refractivity contribution is 5.86. The van der Waals surface area contributed by atoms with E-state index in [0.29, 0.717) is 18.5 Å². The van der Waals surface area contributed by atoms with Crippen molar-refractivity contribution in [2.75, 3.05) is 6.54 Å². The molecule has 1 atom stereocenters. The molecule has 92 valence electrons. The quantitative estimate of drug-likeness (QED) is 0.794. The van der Waals surface area contributed by atoms with Gasteiger partial charge in [-0.15, -0.1) is 6.42 Å². The average molecular weight is 243 g/mol. The number of benzene rings is 1. The molecule has 0 aliphatic carbocycles. The lowest BCUT2D eigenvalue weighted by Crippen LogP contribution is -2.43. The zero-order valence-corrected chi connectivity index (χ0v) is 9.80. The number of terminal acetylenes is 1. The van der Waals surface area contributed by atoms with Crippen molar-refractivity contribution in [2.45, 2.75) is 18.9 Å². The van der Waals surface area contributed by atoms with Crippen LogP contribution in [-0.2, 0) is 16.0 Å². The van der Waals surface area contributed by atoms with Crippen LogP contribution >= 0.6 is 0 Å². The number of hydrogen-bond acceptors (Lipinski definition) is 2. The third kappa shape index (κ3) is 2.07. The van der Waals surface area contributed by atoms with Gasteiger partial charge in [-0.3, -0.25) is 4.79 Å². The van der Waals surface area contributed by atoms with Gasteiger partial charge in [-0.25, -0.2) is 4.79 Å². The first-order chi connectivity index (χ1) is 8.65. The Bertz CT molecular complexity index is 530. The maximum absolute atomic E-state index is 11.8. The van der Waals surface area contributed by atoms with E-state index in [1.807, 2.05) is 12.1 Å². The number of carbonyl (C=O) groups is 2. The van der Waals surface area contributed by atoms with Gasteiger partial charge in [-0.05, 0) is 17.5 Å². The van der Waals surface area contributed by atoms with Crippen molar-refractivity contribution in [2.24, 2.45) is 0 Å². The third-order valence-corrected chi connectivity index (χ3v) is 3.09. The minimum atomic E-state index is -1.02. The van der Waals surface area contributed by atoms with Crippen molar-refractivity contribution < 1.29 is 14.7 Å². The number of carbonyl (C=O) groups excluding carboxylic acids is 1. The highest BCUT2D eigenvalue weighted by atomic mass is 16.4. The molecule has 1 aliphatic rings.